The number of hydrogen-bond acceptors (Lipinski definition) is 3. The molecule has 3 heteroatoms. The van der Waals surface area contributed by atoms with Gasteiger partial charge >= 0.3 is 0 Å². The van der Waals surface area contributed by atoms with Gasteiger partial charge in [-0.15, -0.1) is 0 Å². The summed E-state index contributed by atoms with van der Waals surface area (Å²) in [6.07, 6.45) is 5.48. The summed E-state index contributed by atoms with van der Waals surface area (Å²) in [5.41, 5.74) is 0.996. The highest BCUT2D eigenvalue weighted by Gasteiger charge is 2.31. The van der Waals surface area contributed by atoms with Crippen molar-refractivity contribution in [3.05, 3.63) is 11.8 Å². The molecule has 0 aromatic carbocycles. The van der Waals surface area contributed by atoms with Crippen LogP contribution in [0, 0.1) is 0 Å². The number of aliphatic hydroxyl groups excluding tert-OH is 1. The Morgan fingerprint density at radius 2 is 2.36 bits per heavy atom. The van der Waals surface area contributed by atoms with Gasteiger partial charge < -0.3 is 14.6 Å². The zero-order chi connectivity index (χ0) is 9.97. The van der Waals surface area contributed by atoms with Crippen LogP contribution in [0.4, 0.5) is 0 Å². The van der Waals surface area contributed by atoms with E-state index < -0.39 is 6.10 Å². The zero-order valence-corrected chi connectivity index (χ0v) is 8.61. The van der Waals surface area contributed by atoms with Gasteiger partial charge in [-0.3, -0.25) is 0 Å². The molecule has 0 bridgehead atoms. The summed E-state index contributed by atoms with van der Waals surface area (Å²) in [6, 6.07) is 0. The van der Waals surface area contributed by atoms with Crippen molar-refractivity contribution in [2.75, 3.05) is 6.61 Å². The quantitative estimate of drug-likeness (QED) is 0.732. The molecule has 3 nitrogen and oxygen atoms in total. The predicted octanol–water partition coefficient (Wildman–Crippen LogP) is 1.61. The predicted molar refractivity (Wildman–Crippen MR) is 52.8 cm³/mol. The van der Waals surface area contributed by atoms with Crippen LogP contribution in [0.3, 0.4) is 0 Å². The Bertz CT molecular complexity index is 225. The van der Waals surface area contributed by atoms with Crippen LogP contribution in [0.2, 0.25) is 0 Å². The van der Waals surface area contributed by atoms with E-state index in [1.54, 1.807) is 6.26 Å². The second-order valence-corrected chi connectivity index (χ2v) is 4.17. The number of ether oxygens (including phenoxy) is 2. The SMILES string of the molecule is CC1CCC(C(O)C2=COCCC2)O1. The van der Waals surface area contributed by atoms with Gasteiger partial charge in [0.05, 0.1) is 25.1 Å². The van der Waals surface area contributed by atoms with Gasteiger partial charge in [-0.05, 0) is 38.2 Å². The molecule has 0 spiro atoms. The van der Waals surface area contributed by atoms with Crippen LogP contribution in [0.1, 0.15) is 32.6 Å². The highest BCUT2D eigenvalue weighted by molar-refractivity contribution is 5.09. The van der Waals surface area contributed by atoms with Crippen molar-refractivity contribution >= 4 is 0 Å². The molecule has 1 fully saturated rings. The van der Waals surface area contributed by atoms with Gasteiger partial charge in [0.1, 0.15) is 6.10 Å². The standard InChI is InChI=1S/C11H18O3/c1-8-4-5-10(14-8)11(12)9-3-2-6-13-7-9/h7-8,10-12H,2-6H2,1H3. The molecule has 0 radical (unpaired) electrons. The van der Waals surface area contributed by atoms with E-state index in [1.165, 1.54) is 0 Å². The van der Waals surface area contributed by atoms with Crippen LogP contribution in [-0.4, -0.2) is 30.0 Å². The smallest absolute Gasteiger partial charge is 0.104 e. The molecule has 1 saturated heterocycles. The van der Waals surface area contributed by atoms with Crippen molar-refractivity contribution < 1.29 is 14.6 Å². The summed E-state index contributed by atoms with van der Waals surface area (Å²) in [7, 11) is 0. The van der Waals surface area contributed by atoms with Gasteiger partial charge in [-0.25, -0.2) is 0 Å². The number of rotatable bonds is 2. The first kappa shape index (κ1) is 9.99. The van der Waals surface area contributed by atoms with E-state index in [1.807, 2.05) is 0 Å². The summed E-state index contributed by atoms with van der Waals surface area (Å²) in [6.45, 7) is 2.83. The zero-order valence-electron chi connectivity index (χ0n) is 8.61. The fourth-order valence-corrected chi connectivity index (χ4v) is 2.11. The topological polar surface area (TPSA) is 38.7 Å². The molecule has 0 aliphatic carbocycles. The van der Waals surface area contributed by atoms with E-state index in [9.17, 15) is 5.11 Å². The van der Waals surface area contributed by atoms with E-state index in [4.69, 9.17) is 9.47 Å². The van der Waals surface area contributed by atoms with Crippen LogP contribution in [-0.2, 0) is 9.47 Å². The lowest BCUT2D eigenvalue weighted by atomic mass is 9.98. The maximum absolute atomic E-state index is 10.0. The van der Waals surface area contributed by atoms with Gasteiger partial charge in [-0.1, -0.05) is 0 Å². The Morgan fingerprint density at radius 1 is 1.50 bits per heavy atom. The van der Waals surface area contributed by atoms with Crippen molar-refractivity contribution in [2.45, 2.75) is 50.9 Å². The summed E-state index contributed by atoms with van der Waals surface area (Å²) in [5.74, 6) is 0. The third-order valence-electron chi connectivity index (χ3n) is 2.96. The molecule has 1 N–H and O–H groups in total. The molecule has 2 aliphatic heterocycles. The van der Waals surface area contributed by atoms with Crippen molar-refractivity contribution in [1.29, 1.82) is 0 Å². The Kier molecular flexibility index (Phi) is 3.08. The lowest BCUT2D eigenvalue weighted by Crippen LogP contribution is -2.29. The van der Waals surface area contributed by atoms with Gasteiger partial charge in [0, 0.05) is 0 Å². The Hall–Kier alpha value is -0.540. The van der Waals surface area contributed by atoms with Gasteiger partial charge in [-0.2, -0.15) is 0 Å². The number of aliphatic hydroxyl groups is 1. The van der Waals surface area contributed by atoms with Gasteiger partial charge in [0.25, 0.3) is 0 Å². The average molecular weight is 198 g/mol. The second kappa shape index (κ2) is 4.32. The van der Waals surface area contributed by atoms with Gasteiger partial charge in [0.15, 0.2) is 0 Å². The average Bonchev–Trinajstić information content (AvgIpc) is 2.65. The van der Waals surface area contributed by atoms with Crippen LogP contribution >= 0.6 is 0 Å². The molecular weight excluding hydrogens is 180 g/mol. The van der Waals surface area contributed by atoms with Crippen LogP contribution in [0.25, 0.3) is 0 Å². The van der Waals surface area contributed by atoms with E-state index in [2.05, 4.69) is 6.92 Å². The molecule has 80 valence electrons. The van der Waals surface area contributed by atoms with Crippen molar-refractivity contribution in [1.82, 2.24) is 0 Å². The summed E-state index contributed by atoms with van der Waals surface area (Å²) < 4.78 is 10.8. The first-order valence-electron chi connectivity index (χ1n) is 5.41. The third-order valence-corrected chi connectivity index (χ3v) is 2.96. The highest BCUT2D eigenvalue weighted by atomic mass is 16.5. The molecule has 14 heavy (non-hydrogen) atoms. The molecule has 2 aliphatic rings. The second-order valence-electron chi connectivity index (χ2n) is 4.17. The maximum Gasteiger partial charge on any atom is 0.104 e. The van der Waals surface area contributed by atoms with Crippen molar-refractivity contribution in [3.8, 4) is 0 Å². The molecule has 2 rings (SSSR count). The van der Waals surface area contributed by atoms with E-state index in [0.29, 0.717) is 6.10 Å². The monoisotopic (exact) mass is 198 g/mol. The largest absolute Gasteiger partial charge is 0.501 e. The molecular formula is C11H18O3. The first-order valence-corrected chi connectivity index (χ1v) is 5.41. The fraction of sp³-hybridized carbons (Fsp3) is 0.818. The minimum absolute atomic E-state index is 0.0158. The van der Waals surface area contributed by atoms with Crippen LogP contribution in [0.15, 0.2) is 11.8 Å². The normalized spacial score (nSPS) is 34.9. The van der Waals surface area contributed by atoms with Crippen molar-refractivity contribution in [2.24, 2.45) is 0 Å². The van der Waals surface area contributed by atoms with Crippen LogP contribution < -0.4 is 0 Å². The van der Waals surface area contributed by atoms with E-state index in [0.717, 1.165) is 37.9 Å². The summed E-state index contributed by atoms with van der Waals surface area (Å²) >= 11 is 0. The maximum atomic E-state index is 10.0. The van der Waals surface area contributed by atoms with Crippen molar-refractivity contribution in [3.63, 3.8) is 0 Å². The lowest BCUT2D eigenvalue weighted by Gasteiger charge is -2.23. The van der Waals surface area contributed by atoms with Gasteiger partial charge in [0.2, 0.25) is 0 Å². The third kappa shape index (κ3) is 2.10. The molecule has 3 atom stereocenters. The molecule has 0 amide bonds. The Morgan fingerprint density at radius 3 is 2.93 bits per heavy atom. The minimum atomic E-state index is -0.458. The Balaban J connectivity index is 1.93. The van der Waals surface area contributed by atoms with E-state index in [-0.39, 0.29) is 6.10 Å². The Labute approximate surface area is 84.7 Å². The fourth-order valence-electron chi connectivity index (χ4n) is 2.11. The van der Waals surface area contributed by atoms with E-state index >= 15 is 0 Å². The minimum Gasteiger partial charge on any atom is -0.501 e. The molecule has 2 heterocycles. The number of hydrogen-bond donors (Lipinski definition) is 1. The molecule has 3 unspecified atom stereocenters. The molecule has 0 aromatic rings. The van der Waals surface area contributed by atoms with Crippen LogP contribution in [0.5, 0.6) is 0 Å². The highest BCUT2D eigenvalue weighted by Crippen LogP contribution is 2.27. The first-order chi connectivity index (χ1) is 6.77. The molecule has 0 saturated carbocycles. The lowest BCUT2D eigenvalue weighted by molar-refractivity contribution is -0.0172. The molecule has 0 aromatic heterocycles. The summed E-state index contributed by atoms with van der Waals surface area (Å²) in [5, 5.41) is 10.0. The summed E-state index contributed by atoms with van der Waals surface area (Å²) in [4.78, 5) is 0.